The van der Waals surface area contributed by atoms with E-state index in [0.29, 0.717) is 38.5 Å². The van der Waals surface area contributed by atoms with Gasteiger partial charge in [-0.25, -0.2) is 0 Å². The van der Waals surface area contributed by atoms with Gasteiger partial charge in [0.2, 0.25) is 0 Å². The van der Waals surface area contributed by atoms with Gasteiger partial charge in [-0.2, -0.15) is 0 Å². The van der Waals surface area contributed by atoms with Crippen LogP contribution in [0, 0.1) is 34.0 Å². The van der Waals surface area contributed by atoms with Crippen molar-refractivity contribution in [3.8, 4) is 0 Å². The number of allylic oxidation sites excluding steroid dienone is 4. The highest BCUT2D eigenvalue weighted by Crippen LogP contribution is 2.70. The first-order valence-electron chi connectivity index (χ1n) is 15.0. The van der Waals surface area contributed by atoms with E-state index in [1.807, 2.05) is 12.2 Å². The fraction of sp³-hybridized carbons (Fsp3) is 0.788. The highest BCUT2D eigenvalue weighted by Gasteiger charge is 2.66. The number of aliphatic hydroxyl groups excluding tert-OH is 3. The Kier molecular flexibility index (Phi) is 8.01. The molecule has 220 valence electrons. The summed E-state index contributed by atoms with van der Waals surface area (Å²) < 4.78 is 0. The summed E-state index contributed by atoms with van der Waals surface area (Å²) in [5, 5.41) is 54.6. The van der Waals surface area contributed by atoms with E-state index < -0.39 is 45.8 Å². The van der Waals surface area contributed by atoms with Gasteiger partial charge >= 0.3 is 0 Å². The average Bonchev–Trinajstić information content (AvgIpc) is 3.20. The Hall–Kier alpha value is -1.31. The minimum Gasteiger partial charge on any atom is -0.390 e. The van der Waals surface area contributed by atoms with Crippen molar-refractivity contribution < 1.29 is 30.3 Å². The maximum absolute atomic E-state index is 14.6. The van der Waals surface area contributed by atoms with Gasteiger partial charge in [0.05, 0.1) is 34.9 Å². The molecule has 3 saturated carbocycles. The van der Waals surface area contributed by atoms with E-state index >= 15 is 0 Å². The van der Waals surface area contributed by atoms with Gasteiger partial charge in [0.25, 0.3) is 0 Å². The summed E-state index contributed by atoms with van der Waals surface area (Å²) in [6.07, 6.45) is 6.34. The van der Waals surface area contributed by atoms with Crippen LogP contribution in [-0.2, 0) is 4.79 Å². The number of rotatable bonds is 9. The van der Waals surface area contributed by atoms with Crippen molar-refractivity contribution in [2.75, 3.05) is 0 Å². The zero-order valence-corrected chi connectivity index (χ0v) is 24.7. The number of hydrogen-bond acceptors (Lipinski definition) is 6. The average molecular weight is 545 g/mol. The highest BCUT2D eigenvalue weighted by atomic mass is 16.3. The summed E-state index contributed by atoms with van der Waals surface area (Å²) in [4.78, 5) is 14.6. The van der Waals surface area contributed by atoms with Crippen LogP contribution in [0.4, 0.5) is 0 Å². The largest absolute Gasteiger partial charge is 0.390 e. The molecule has 0 bridgehead atoms. The molecule has 0 radical (unpaired) electrons. The first kappa shape index (κ1) is 30.6. The third kappa shape index (κ3) is 4.72. The second-order valence-corrected chi connectivity index (χ2v) is 14.6. The van der Waals surface area contributed by atoms with E-state index in [-0.39, 0.29) is 30.0 Å². The van der Waals surface area contributed by atoms with Crippen LogP contribution in [-0.4, -0.2) is 60.8 Å². The molecule has 0 aliphatic heterocycles. The van der Waals surface area contributed by atoms with Gasteiger partial charge in [-0.05, 0) is 108 Å². The number of aliphatic hydroxyl groups is 5. The zero-order valence-electron chi connectivity index (χ0n) is 24.7. The Morgan fingerprint density at radius 3 is 2.21 bits per heavy atom. The monoisotopic (exact) mass is 544 g/mol. The van der Waals surface area contributed by atoms with Crippen LogP contribution in [0.1, 0.15) is 98.8 Å². The normalized spacial score (nSPS) is 40.3. The third-order valence-corrected chi connectivity index (χ3v) is 11.6. The van der Waals surface area contributed by atoms with Gasteiger partial charge < -0.3 is 25.5 Å². The Labute approximate surface area is 234 Å². The lowest BCUT2D eigenvalue weighted by molar-refractivity contribution is -0.162. The lowest BCUT2D eigenvalue weighted by Crippen LogP contribution is -2.62. The SMILES string of the molecule is C=CCC1(CC=C)C(=O)[C@@H]2C[C@@H](O)[C@@H](O)C[C@]2(C)[C@H]2CC[C@@]3(C)C(=C21)CC[C@@H]3[C@@](C)(O)[C@H](O)CCC(C)(C)O. The first-order valence-corrected chi connectivity index (χ1v) is 15.0. The Morgan fingerprint density at radius 2 is 1.64 bits per heavy atom. The highest BCUT2D eigenvalue weighted by molar-refractivity contribution is 5.93. The topological polar surface area (TPSA) is 118 Å². The van der Waals surface area contributed by atoms with Crippen LogP contribution < -0.4 is 0 Å². The Balaban J connectivity index is 1.85. The second-order valence-electron chi connectivity index (χ2n) is 14.6. The molecule has 5 N–H and O–H groups in total. The predicted molar refractivity (Wildman–Crippen MR) is 153 cm³/mol. The summed E-state index contributed by atoms with van der Waals surface area (Å²) in [7, 11) is 0. The van der Waals surface area contributed by atoms with Crippen molar-refractivity contribution in [1.82, 2.24) is 0 Å². The lowest BCUT2D eigenvalue weighted by Gasteiger charge is -2.62. The molecule has 0 aromatic carbocycles. The summed E-state index contributed by atoms with van der Waals surface area (Å²) in [6, 6.07) is 0. The number of carbonyl (C=O) groups excluding carboxylic acids is 1. The van der Waals surface area contributed by atoms with Gasteiger partial charge in [-0.1, -0.05) is 37.1 Å². The summed E-state index contributed by atoms with van der Waals surface area (Å²) in [5.74, 6) is -0.346. The van der Waals surface area contributed by atoms with Crippen LogP contribution in [0.25, 0.3) is 0 Å². The molecular formula is C33H52O6. The fourth-order valence-electron chi connectivity index (χ4n) is 9.55. The smallest absolute Gasteiger partial charge is 0.147 e. The maximum Gasteiger partial charge on any atom is 0.147 e. The molecule has 39 heavy (non-hydrogen) atoms. The van der Waals surface area contributed by atoms with Crippen molar-refractivity contribution in [3.05, 3.63) is 36.5 Å². The summed E-state index contributed by atoms with van der Waals surface area (Å²) in [6.45, 7) is 17.6. The van der Waals surface area contributed by atoms with Crippen molar-refractivity contribution in [1.29, 1.82) is 0 Å². The molecule has 0 amide bonds. The Morgan fingerprint density at radius 1 is 1.03 bits per heavy atom. The van der Waals surface area contributed by atoms with Crippen molar-refractivity contribution >= 4 is 5.78 Å². The molecule has 0 saturated heterocycles. The second kappa shape index (κ2) is 10.2. The third-order valence-electron chi connectivity index (χ3n) is 11.6. The van der Waals surface area contributed by atoms with Crippen molar-refractivity contribution in [2.45, 2.75) is 128 Å². The zero-order chi connectivity index (χ0) is 29.2. The minimum absolute atomic E-state index is 0.0779. The molecule has 4 rings (SSSR count). The van der Waals surface area contributed by atoms with E-state index in [9.17, 15) is 30.3 Å². The van der Waals surface area contributed by atoms with Gasteiger partial charge in [0.1, 0.15) is 5.78 Å². The van der Waals surface area contributed by atoms with Crippen LogP contribution in [0.2, 0.25) is 0 Å². The van der Waals surface area contributed by atoms with Gasteiger partial charge in [0, 0.05) is 5.92 Å². The van der Waals surface area contributed by atoms with Gasteiger partial charge in [-0.15, -0.1) is 13.2 Å². The number of ketones is 1. The summed E-state index contributed by atoms with van der Waals surface area (Å²) in [5.41, 5.74) is -1.54. The first-order chi connectivity index (χ1) is 18.0. The number of carbonyl (C=O) groups is 1. The molecule has 6 nitrogen and oxygen atoms in total. The molecular weight excluding hydrogens is 492 g/mol. The molecule has 3 fully saturated rings. The van der Waals surface area contributed by atoms with Gasteiger partial charge in [0.15, 0.2) is 0 Å². The van der Waals surface area contributed by atoms with Crippen molar-refractivity contribution in [3.63, 3.8) is 0 Å². The number of hydrogen-bond donors (Lipinski definition) is 5. The molecule has 0 unspecified atom stereocenters. The maximum atomic E-state index is 14.6. The fourth-order valence-corrected chi connectivity index (χ4v) is 9.55. The van der Waals surface area contributed by atoms with Crippen LogP contribution in [0.15, 0.2) is 36.5 Å². The van der Waals surface area contributed by atoms with Crippen molar-refractivity contribution in [2.24, 2.45) is 34.0 Å². The standard InChI is InChI=1S/C33H52O6/c1-8-14-33(15-9-2)27-20-10-11-25(32(7,39)26(36)13-16-29(3,4)38)30(20,5)17-12-21(27)31(6)19-24(35)23(34)18-22(31)28(33)37/h8-9,21-26,34-36,38-39H,1-2,10-19H2,3-7H3/t21-,22-,23+,24-,25-,26+,30-,31+,32+/m0/s1. The molecule has 0 aromatic rings. The molecule has 6 heteroatoms. The van der Waals surface area contributed by atoms with Crippen LogP contribution >= 0.6 is 0 Å². The van der Waals surface area contributed by atoms with E-state index in [0.717, 1.165) is 24.8 Å². The van der Waals surface area contributed by atoms with Crippen LogP contribution in [0.5, 0.6) is 0 Å². The minimum atomic E-state index is -1.36. The van der Waals surface area contributed by atoms with E-state index in [1.165, 1.54) is 5.57 Å². The molecule has 0 heterocycles. The predicted octanol–water partition coefficient (Wildman–Crippen LogP) is 4.63. The molecule has 0 aromatic heterocycles. The van der Waals surface area contributed by atoms with E-state index in [1.54, 1.807) is 20.8 Å². The molecule has 4 aliphatic carbocycles. The van der Waals surface area contributed by atoms with E-state index in [4.69, 9.17) is 0 Å². The van der Waals surface area contributed by atoms with E-state index in [2.05, 4.69) is 27.0 Å². The van der Waals surface area contributed by atoms with Gasteiger partial charge in [-0.3, -0.25) is 4.79 Å². The molecule has 0 spiro atoms. The molecule has 4 aliphatic rings. The number of Topliss-reactive ketones (excluding diaryl/α,β-unsaturated/α-hetero) is 1. The summed E-state index contributed by atoms with van der Waals surface area (Å²) >= 11 is 0. The number of fused-ring (bicyclic) bond motifs is 4. The lowest BCUT2D eigenvalue weighted by atomic mass is 9.41. The molecule has 9 atom stereocenters. The quantitative estimate of drug-likeness (QED) is 0.270. The van der Waals surface area contributed by atoms with Crippen LogP contribution in [0.3, 0.4) is 0 Å². The Bertz CT molecular complexity index is 1010.